The van der Waals surface area contributed by atoms with Gasteiger partial charge in [-0.1, -0.05) is 6.92 Å². The normalized spacial score (nSPS) is 27.6. The molecule has 0 spiro atoms. The van der Waals surface area contributed by atoms with Crippen LogP contribution in [0.25, 0.3) is 0 Å². The molecular formula is C7H11NO5. The summed E-state index contributed by atoms with van der Waals surface area (Å²) in [7, 11) is 0. The Morgan fingerprint density at radius 3 is 2.46 bits per heavy atom. The first kappa shape index (κ1) is 9.79. The van der Waals surface area contributed by atoms with Crippen molar-refractivity contribution in [1.29, 1.82) is 0 Å². The number of carbonyl (C=O) groups is 2. The van der Waals surface area contributed by atoms with Crippen molar-refractivity contribution in [3.05, 3.63) is 0 Å². The van der Waals surface area contributed by atoms with E-state index in [1.165, 1.54) is 0 Å². The Morgan fingerprint density at radius 1 is 1.54 bits per heavy atom. The van der Waals surface area contributed by atoms with E-state index >= 15 is 0 Å². The molecule has 1 heterocycles. The average molecular weight is 189 g/mol. The Bertz CT molecular complexity index is 241. The predicted octanol–water partition coefficient (Wildman–Crippen LogP) is 0.535. The van der Waals surface area contributed by atoms with Gasteiger partial charge in [0.2, 0.25) is 0 Å². The topological polar surface area (TPSA) is 87.1 Å². The van der Waals surface area contributed by atoms with Gasteiger partial charge in [-0.2, -0.15) is 5.06 Å². The summed E-state index contributed by atoms with van der Waals surface area (Å²) in [4.78, 5) is 26.2. The molecule has 6 heteroatoms. The third-order valence-electron chi connectivity index (χ3n) is 2.28. The SMILES string of the molecule is CC[C@@]1(C(=O)O)CCON1C(=O)O. The zero-order valence-corrected chi connectivity index (χ0v) is 7.19. The van der Waals surface area contributed by atoms with Crippen molar-refractivity contribution in [2.75, 3.05) is 6.61 Å². The van der Waals surface area contributed by atoms with Crippen LogP contribution in [0.4, 0.5) is 4.79 Å². The molecule has 0 bridgehead atoms. The van der Waals surface area contributed by atoms with Crippen LogP contribution in [0.1, 0.15) is 19.8 Å². The number of nitrogens with zero attached hydrogens (tertiary/aromatic N) is 1. The van der Waals surface area contributed by atoms with Crippen LogP contribution < -0.4 is 0 Å². The molecule has 2 N–H and O–H groups in total. The Hall–Kier alpha value is -1.30. The molecule has 13 heavy (non-hydrogen) atoms. The van der Waals surface area contributed by atoms with Crippen molar-refractivity contribution in [2.24, 2.45) is 0 Å². The van der Waals surface area contributed by atoms with E-state index in [1.54, 1.807) is 6.92 Å². The minimum Gasteiger partial charge on any atom is -0.479 e. The quantitative estimate of drug-likeness (QED) is 0.661. The molecule has 1 rings (SSSR count). The molecule has 0 radical (unpaired) electrons. The lowest BCUT2D eigenvalue weighted by Gasteiger charge is -2.28. The van der Waals surface area contributed by atoms with E-state index in [1.807, 2.05) is 0 Å². The zero-order chi connectivity index (χ0) is 10.1. The van der Waals surface area contributed by atoms with Crippen LogP contribution in [0.3, 0.4) is 0 Å². The molecule has 0 aromatic heterocycles. The molecule has 1 amide bonds. The highest BCUT2D eigenvalue weighted by molar-refractivity contribution is 5.83. The minimum absolute atomic E-state index is 0.131. The maximum absolute atomic E-state index is 10.9. The lowest BCUT2D eigenvalue weighted by Crippen LogP contribution is -2.51. The molecule has 74 valence electrons. The highest BCUT2D eigenvalue weighted by atomic mass is 16.7. The summed E-state index contributed by atoms with van der Waals surface area (Å²) in [5, 5.41) is 18.1. The number of hydroxylamine groups is 2. The highest BCUT2D eigenvalue weighted by Crippen LogP contribution is 2.30. The second kappa shape index (κ2) is 3.21. The van der Waals surface area contributed by atoms with Gasteiger partial charge >= 0.3 is 12.1 Å². The van der Waals surface area contributed by atoms with E-state index in [9.17, 15) is 9.59 Å². The van der Waals surface area contributed by atoms with Crippen molar-refractivity contribution in [3.63, 3.8) is 0 Å². The summed E-state index contributed by atoms with van der Waals surface area (Å²) >= 11 is 0. The Kier molecular flexibility index (Phi) is 2.42. The number of hydrogen-bond acceptors (Lipinski definition) is 3. The van der Waals surface area contributed by atoms with E-state index in [4.69, 9.17) is 15.1 Å². The minimum atomic E-state index is -1.40. The predicted molar refractivity (Wildman–Crippen MR) is 41.1 cm³/mol. The van der Waals surface area contributed by atoms with Crippen LogP contribution in [-0.2, 0) is 9.63 Å². The first-order valence-electron chi connectivity index (χ1n) is 3.94. The van der Waals surface area contributed by atoms with Gasteiger partial charge in [-0.25, -0.2) is 9.59 Å². The lowest BCUT2D eigenvalue weighted by atomic mass is 9.93. The van der Waals surface area contributed by atoms with Crippen LogP contribution in [0, 0.1) is 0 Å². The Labute approximate surface area is 74.7 Å². The smallest absolute Gasteiger partial charge is 0.432 e. The summed E-state index contributed by atoms with van der Waals surface area (Å²) in [6, 6.07) is 0. The summed E-state index contributed by atoms with van der Waals surface area (Å²) < 4.78 is 0. The van der Waals surface area contributed by atoms with Gasteiger partial charge in [-0.05, 0) is 6.42 Å². The van der Waals surface area contributed by atoms with Gasteiger partial charge in [0, 0.05) is 6.42 Å². The Balaban J connectivity index is 2.96. The molecule has 1 saturated heterocycles. The molecule has 1 atom stereocenters. The number of carboxylic acids is 1. The molecule has 1 aliphatic rings. The summed E-state index contributed by atoms with van der Waals surface area (Å²) in [5.41, 5.74) is -1.40. The van der Waals surface area contributed by atoms with Gasteiger partial charge < -0.3 is 10.2 Å². The van der Waals surface area contributed by atoms with Gasteiger partial charge in [0.15, 0.2) is 5.54 Å². The van der Waals surface area contributed by atoms with Gasteiger partial charge in [-0.15, -0.1) is 0 Å². The largest absolute Gasteiger partial charge is 0.479 e. The molecule has 0 unspecified atom stereocenters. The fourth-order valence-corrected chi connectivity index (χ4v) is 1.43. The molecule has 0 aromatic rings. The van der Waals surface area contributed by atoms with E-state index in [2.05, 4.69) is 0 Å². The number of hydrogen-bond donors (Lipinski definition) is 2. The van der Waals surface area contributed by atoms with Crippen LogP contribution >= 0.6 is 0 Å². The molecule has 0 aromatic carbocycles. The van der Waals surface area contributed by atoms with Gasteiger partial charge in [-0.3, -0.25) is 4.84 Å². The van der Waals surface area contributed by atoms with Crippen molar-refractivity contribution in [3.8, 4) is 0 Å². The van der Waals surface area contributed by atoms with Crippen LogP contribution in [0.2, 0.25) is 0 Å². The summed E-state index contributed by atoms with van der Waals surface area (Å²) in [6.07, 6.45) is -0.957. The fourth-order valence-electron chi connectivity index (χ4n) is 1.43. The van der Waals surface area contributed by atoms with E-state index < -0.39 is 17.6 Å². The van der Waals surface area contributed by atoms with Crippen LogP contribution in [0.15, 0.2) is 0 Å². The fraction of sp³-hybridized carbons (Fsp3) is 0.714. The first-order valence-corrected chi connectivity index (χ1v) is 3.94. The van der Waals surface area contributed by atoms with E-state index in [0.29, 0.717) is 5.06 Å². The summed E-state index contributed by atoms with van der Waals surface area (Å²) in [5.74, 6) is -1.16. The van der Waals surface area contributed by atoms with Gasteiger partial charge in [0.25, 0.3) is 0 Å². The van der Waals surface area contributed by atoms with Crippen molar-refractivity contribution in [1.82, 2.24) is 5.06 Å². The summed E-state index contributed by atoms with van der Waals surface area (Å²) in [6.45, 7) is 1.76. The van der Waals surface area contributed by atoms with Crippen molar-refractivity contribution < 1.29 is 24.6 Å². The monoisotopic (exact) mass is 189 g/mol. The molecule has 0 saturated carbocycles. The highest BCUT2D eigenvalue weighted by Gasteiger charge is 2.50. The standard InChI is InChI=1S/C7H11NO5/c1-2-7(5(9)10)3-4-13-8(7)6(11)12/h2-4H2,1H3,(H,9,10)(H,11,12)/t7-/m0/s1. The van der Waals surface area contributed by atoms with Crippen molar-refractivity contribution in [2.45, 2.75) is 25.3 Å². The molecule has 0 aliphatic carbocycles. The number of aliphatic carboxylic acids is 1. The third-order valence-corrected chi connectivity index (χ3v) is 2.28. The maximum atomic E-state index is 10.9. The van der Waals surface area contributed by atoms with Crippen LogP contribution in [0.5, 0.6) is 0 Å². The number of amides is 1. The second-order valence-corrected chi connectivity index (χ2v) is 2.85. The lowest BCUT2D eigenvalue weighted by molar-refractivity contribution is -0.173. The molecular weight excluding hydrogens is 178 g/mol. The van der Waals surface area contributed by atoms with E-state index in [-0.39, 0.29) is 19.4 Å². The molecule has 6 nitrogen and oxygen atoms in total. The third kappa shape index (κ3) is 1.33. The van der Waals surface area contributed by atoms with Gasteiger partial charge in [0.1, 0.15) is 0 Å². The number of carboxylic acid groups (broad SMARTS) is 2. The molecule has 1 aliphatic heterocycles. The zero-order valence-electron chi connectivity index (χ0n) is 7.19. The number of rotatable bonds is 2. The molecule has 1 fully saturated rings. The first-order chi connectivity index (χ1) is 6.04. The second-order valence-electron chi connectivity index (χ2n) is 2.85. The van der Waals surface area contributed by atoms with E-state index in [0.717, 1.165) is 0 Å². The Morgan fingerprint density at radius 2 is 2.15 bits per heavy atom. The average Bonchev–Trinajstić information content (AvgIpc) is 2.48. The van der Waals surface area contributed by atoms with Crippen molar-refractivity contribution >= 4 is 12.1 Å². The van der Waals surface area contributed by atoms with Crippen LogP contribution in [-0.4, -0.2) is 39.5 Å². The maximum Gasteiger partial charge on any atom is 0.432 e. The van der Waals surface area contributed by atoms with Gasteiger partial charge in [0.05, 0.1) is 6.61 Å².